The topological polar surface area (TPSA) is 56.8 Å². The average molecular weight is 279 g/mol. The lowest BCUT2D eigenvalue weighted by Gasteiger charge is -2.29. The first-order valence-corrected chi connectivity index (χ1v) is 6.67. The molecular formula is C15H21NO4. The molecular weight excluding hydrogens is 258 g/mol. The minimum Gasteiger partial charge on any atom is -0.497 e. The second-order valence-corrected chi connectivity index (χ2v) is 4.84. The Balaban J connectivity index is 2.37. The molecule has 0 aromatic heterocycles. The summed E-state index contributed by atoms with van der Waals surface area (Å²) >= 11 is 0. The van der Waals surface area contributed by atoms with Crippen molar-refractivity contribution in [1.82, 2.24) is 5.32 Å². The van der Waals surface area contributed by atoms with Crippen LogP contribution in [0.1, 0.15) is 17.5 Å². The van der Waals surface area contributed by atoms with E-state index < -0.39 is 5.54 Å². The van der Waals surface area contributed by atoms with Crippen LogP contribution in [0.5, 0.6) is 5.75 Å². The van der Waals surface area contributed by atoms with Crippen molar-refractivity contribution in [2.45, 2.75) is 18.4 Å². The lowest BCUT2D eigenvalue weighted by molar-refractivity contribution is -0.149. The summed E-state index contributed by atoms with van der Waals surface area (Å²) in [4.78, 5) is 12.3. The van der Waals surface area contributed by atoms with Gasteiger partial charge in [0.25, 0.3) is 0 Å². The summed E-state index contributed by atoms with van der Waals surface area (Å²) in [6, 6.07) is 5.84. The summed E-state index contributed by atoms with van der Waals surface area (Å²) in [5, 5.41) is 3.30. The molecule has 1 aromatic rings. The van der Waals surface area contributed by atoms with Gasteiger partial charge in [-0.1, -0.05) is 6.07 Å². The third-order valence-electron chi connectivity index (χ3n) is 3.81. The van der Waals surface area contributed by atoms with Gasteiger partial charge in [0.15, 0.2) is 0 Å². The number of benzene rings is 1. The summed E-state index contributed by atoms with van der Waals surface area (Å²) in [6.07, 6.45) is 1.53. The fourth-order valence-electron chi connectivity index (χ4n) is 2.76. The molecule has 2 rings (SSSR count). The van der Waals surface area contributed by atoms with Crippen molar-refractivity contribution in [3.8, 4) is 5.75 Å². The molecule has 1 aliphatic carbocycles. The predicted octanol–water partition coefficient (Wildman–Crippen LogP) is 1.25. The second kappa shape index (κ2) is 6.24. The van der Waals surface area contributed by atoms with Crippen LogP contribution >= 0.6 is 0 Å². The first-order chi connectivity index (χ1) is 9.67. The standard InChI is InChI=1S/C15H21NO4/c1-18-9-8-16-15(14(17)20-3)7-6-11-4-5-12(19-2)10-13(11)15/h4-5,10,16H,6-9H2,1-3H3. The Morgan fingerprint density at radius 1 is 1.35 bits per heavy atom. The van der Waals surface area contributed by atoms with Crippen LogP contribution in [-0.4, -0.2) is 40.5 Å². The van der Waals surface area contributed by atoms with Crippen molar-refractivity contribution < 1.29 is 19.0 Å². The van der Waals surface area contributed by atoms with E-state index >= 15 is 0 Å². The van der Waals surface area contributed by atoms with Crippen LogP contribution in [-0.2, 0) is 26.2 Å². The summed E-state index contributed by atoms with van der Waals surface area (Å²) < 4.78 is 15.3. The Bertz CT molecular complexity index is 489. The van der Waals surface area contributed by atoms with Gasteiger partial charge < -0.3 is 14.2 Å². The lowest BCUT2D eigenvalue weighted by Crippen LogP contribution is -2.49. The molecule has 0 radical (unpaired) electrons. The van der Waals surface area contributed by atoms with E-state index in [9.17, 15) is 4.79 Å². The van der Waals surface area contributed by atoms with Crippen LogP contribution in [0, 0.1) is 0 Å². The third-order valence-corrected chi connectivity index (χ3v) is 3.81. The molecule has 1 atom stereocenters. The first kappa shape index (κ1) is 14.8. The molecule has 1 aliphatic rings. The van der Waals surface area contributed by atoms with Crippen molar-refractivity contribution in [3.05, 3.63) is 29.3 Å². The highest BCUT2D eigenvalue weighted by Gasteiger charge is 2.46. The molecule has 1 N–H and O–H groups in total. The molecule has 0 spiro atoms. The number of rotatable bonds is 6. The number of carbonyl (C=O) groups is 1. The maximum atomic E-state index is 12.3. The van der Waals surface area contributed by atoms with Crippen molar-refractivity contribution in [1.29, 1.82) is 0 Å². The maximum Gasteiger partial charge on any atom is 0.330 e. The quantitative estimate of drug-likeness (QED) is 0.627. The van der Waals surface area contributed by atoms with E-state index in [1.54, 1.807) is 14.2 Å². The average Bonchev–Trinajstić information content (AvgIpc) is 2.86. The fraction of sp³-hybridized carbons (Fsp3) is 0.533. The zero-order valence-electron chi connectivity index (χ0n) is 12.2. The monoisotopic (exact) mass is 279 g/mol. The van der Waals surface area contributed by atoms with E-state index in [0.29, 0.717) is 19.6 Å². The van der Waals surface area contributed by atoms with Gasteiger partial charge >= 0.3 is 5.97 Å². The molecule has 5 heteroatoms. The number of aryl methyl sites for hydroxylation is 1. The van der Waals surface area contributed by atoms with Gasteiger partial charge in [0.1, 0.15) is 11.3 Å². The largest absolute Gasteiger partial charge is 0.497 e. The highest BCUT2D eigenvalue weighted by Crippen LogP contribution is 2.39. The number of esters is 1. The fourth-order valence-corrected chi connectivity index (χ4v) is 2.76. The summed E-state index contributed by atoms with van der Waals surface area (Å²) in [5.74, 6) is 0.480. The number of hydrogen-bond donors (Lipinski definition) is 1. The highest BCUT2D eigenvalue weighted by molar-refractivity contribution is 5.84. The predicted molar refractivity (Wildman–Crippen MR) is 74.9 cm³/mol. The second-order valence-electron chi connectivity index (χ2n) is 4.84. The van der Waals surface area contributed by atoms with E-state index in [0.717, 1.165) is 23.3 Å². The molecule has 0 bridgehead atoms. The number of fused-ring (bicyclic) bond motifs is 1. The molecule has 1 aromatic carbocycles. The minimum absolute atomic E-state index is 0.263. The lowest BCUT2D eigenvalue weighted by atomic mass is 9.91. The third kappa shape index (κ3) is 2.51. The smallest absolute Gasteiger partial charge is 0.330 e. The summed E-state index contributed by atoms with van der Waals surface area (Å²) in [6.45, 7) is 1.13. The van der Waals surface area contributed by atoms with Crippen molar-refractivity contribution in [2.75, 3.05) is 34.5 Å². The summed E-state index contributed by atoms with van der Waals surface area (Å²) in [5.41, 5.74) is 1.30. The van der Waals surface area contributed by atoms with Gasteiger partial charge in [0, 0.05) is 13.7 Å². The Morgan fingerprint density at radius 2 is 2.15 bits per heavy atom. The molecule has 0 heterocycles. The van der Waals surface area contributed by atoms with Gasteiger partial charge in [0.2, 0.25) is 0 Å². The summed E-state index contributed by atoms with van der Waals surface area (Å²) in [7, 11) is 4.67. The zero-order chi connectivity index (χ0) is 14.6. The van der Waals surface area contributed by atoms with Crippen molar-refractivity contribution >= 4 is 5.97 Å². The number of carbonyl (C=O) groups excluding carboxylic acids is 1. The molecule has 0 fully saturated rings. The SMILES string of the molecule is COCCNC1(C(=O)OC)CCc2ccc(OC)cc21. The van der Waals surface area contributed by atoms with E-state index in [1.807, 2.05) is 18.2 Å². The zero-order valence-corrected chi connectivity index (χ0v) is 12.2. The van der Waals surface area contributed by atoms with Gasteiger partial charge in [0.05, 0.1) is 20.8 Å². The van der Waals surface area contributed by atoms with E-state index in [2.05, 4.69) is 5.32 Å². The molecule has 1 unspecified atom stereocenters. The van der Waals surface area contributed by atoms with Crippen LogP contribution in [0.3, 0.4) is 0 Å². The maximum absolute atomic E-state index is 12.3. The van der Waals surface area contributed by atoms with Crippen molar-refractivity contribution in [2.24, 2.45) is 0 Å². The Kier molecular flexibility index (Phi) is 4.62. The van der Waals surface area contributed by atoms with Crippen LogP contribution in [0.25, 0.3) is 0 Å². The molecule has 0 saturated heterocycles. The molecule has 110 valence electrons. The van der Waals surface area contributed by atoms with Gasteiger partial charge in [-0.25, -0.2) is 4.79 Å². The molecule has 5 nitrogen and oxygen atoms in total. The number of methoxy groups -OCH3 is 3. The van der Waals surface area contributed by atoms with Gasteiger partial charge in [-0.2, -0.15) is 0 Å². The van der Waals surface area contributed by atoms with Crippen molar-refractivity contribution in [3.63, 3.8) is 0 Å². The number of ether oxygens (including phenoxy) is 3. The van der Waals surface area contributed by atoms with Gasteiger partial charge in [-0.3, -0.25) is 5.32 Å². The van der Waals surface area contributed by atoms with Crippen LogP contribution in [0.4, 0.5) is 0 Å². The van der Waals surface area contributed by atoms with E-state index in [1.165, 1.54) is 7.11 Å². The van der Waals surface area contributed by atoms with E-state index in [-0.39, 0.29) is 5.97 Å². The Morgan fingerprint density at radius 3 is 2.80 bits per heavy atom. The Labute approximate surface area is 119 Å². The molecule has 20 heavy (non-hydrogen) atoms. The van der Waals surface area contributed by atoms with Crippen LogP contribution in [0.15, 0.2) is 18.2 Å². The highest BCUT2D eigenvalue weighted by atomic mass is 16.5. The van der Waals surface area contributed by atoms with Crippen LogP contribution in [0.2, 0.25) is 0 Å². The Hall–Kier alpha value is -1.59. The van der Waals surface area contributed by atoms with Gasteiger partial charge in [-0.05, 0) is 36.1 Å². The molecule has 0 aliphatic heterocycles. The first-order valence-electron chi connectivity index (χ1n) is 6.67. The van der Waals surface area contributed by atoms with E-state index in [4.69, 9.17) is 14.2 Å². The minimum atomic E-state index is -0.794. The molecule has 0 saturated carbocycles. The molecule has 0 amide bonds. The van der Waals surface area contributed by atoms with Crippen LogP contribution < -0.4 is 10.1 Å². The number of hydrogen-bond acceptors (Lipinski definition) is 5. The normalized spacial score (nSPS) is 20.6. The number of nitrogens with one attached hydrogen (secondary N) is 1. The van der Waals surface area contributed by atoms with Gasteiger partial charge in [-0.15, -0.1) is 0 Å².